The predicted molar refractivity (Wildman–Crippen MR) is 176 cm³/mol. The number of benzene rings is 3. The van der Waals surface area contributed by atoms with Gasteiger partial charge in [-0.2, -0.15) is 0 Å². The molecule has 1 N–H and O–H groups in total. The molecule has 244 valence electrons. The van der Waals surface area contributed by atoms with Gasteiger partial charge in [-0.25, -0.2) is 4.39 Å². The van der Waals surface area contributed by atoms with Gasteiger partial charge in [0.2, 0.25) is 5.13 Å². The number of ether oxygens (including phenoxy) is 4. The molecule has 1 amide bonds. The zero-order valence-corrected chi connectivity index (χ0v) is 27.4. The third kappa shape index (κ3) is 6.77. The largest absolute Gasteiger partial charge is 0.507 e. The second-order valence-electron chi connectivity index (χ2n) is 10.6. The fourth-order valence-electron chi connectivity index (χ4n) is 5.21. The minimum absolute atomic E-state index is 0.135. The van der Waals surface area contributed by atoms with Crippen LogP contribution in [0.3, 0.4) is 0 Å². The molecule has 0 aliphatic carbocycles. The zero-order valence-electron chi connectivity index (χ0n) is 25.7. The number of carbonyl (C=O) groups excluding carboxylic acids is 2. The van der Waals surface area contributed by atoms with Crippen LogP contribution in [0.15, 0.2) is 70.6 Å². The smallest absolute Gasteiger partial charge is 0.301 e. The van der Waals surface area contributed by atoms with Crippen LogP contribution in [0.2, 0.25) is 0 Å². The zero-order chi connectivity index (χ0) is 32.9. The van der Waals surface area contributed by atoms with Gasteiger partial charge in [-0.15, -0.1) is 10.2 Å². The molecular weight excluding hydrogens is 646 g/mol. The van der Waals surface area contributed by atoms with E-state index in [4.69, 9.17) is 18.9 Å². The van der Waals surface area contributed by atoms with Gasteiger partial charge >= 0.3 is 5.91 Å². The van der Waals surface area contributed by atoms with E-state index in [-0.39, 0.29) is 27.8 Å². The summed E-state index contributed by atoms with van der Waals surface area (Å²) in [6.07, 6.45) is 1.82. The van der Waals surface area contributed by atoms with Crippen LogP contribution in [0.5, 0.6) is 23.0 Å². The first-order valence-corrected chi connectivity index (χ1v) is 17.0. The van der Waals surface area contributed by atoms with E-state index in [0.29, 0.717) is 70.6 Å². The normalized spacial score (nSPS) is 16.8. The van der Waals surface area contributed by atoms with Crippen molar-refractivity contribution in [1.82, 2.24) is 10.2 Å². The highest BCUT2D eigenvalue weighted by atomic mass is 32.2. The number of Topliss-reactive ketones (excluding diaryl/α,β-unsaturated/α-hetero) is 1. The van der Waals surface area contributed by atoms with Crippen LogP contribution in [-0.4, -0.2) is 53.4 Å². The number of unbranched alkanes of at least 4 members (excludes halogenated alkanes) is 1. The van der Waals surface area contributed by atoms with Crippen molar-refractivity contribution in [1.29, 1.82) is 0 Å². The standard InChI is InChI=1S/C34H32FN3O7S2/c1-3-5-14-43-24-12-10-20(17-26(24)42-4-2)29-28(30(39)21-11-13-25-27(18-21)45-16-15-44-25)31(40)32(41)38(29)33-36-37-34(47-33)46-19-22-8-6-7-9-23(22)35/h6-13,17-18,29,39H,3-5,14-16,19H2,1-2H3/b30-28+/t29-/m0/s1. The number of carbonyl (C=O) groups is 2. The average molecular weight is 678 g/mol. The van der Waals surface area contributed by atoms with Crippen molar-refractivity contribution in [3.63, 3.8) is 0 Å². The molecule has 1 fully saturated rings. The Hall–Kier alpha value is -4.62. The van der Waals surface area contributed by atoms with E-state index in [2.05, 4.69) is 17.1 Å². The molecule has 13 heteroatoms. The van der Waals surface area contributed by atoms with Gasteiger partial charge in [0.25, 0.3) is 5.78 Å². The second kappa shape index (κ2) is 14.4. The van der Waals surface area contributed by atoms with Crippen molar-refractivity contribution in [3.8, 4) is 23.0 Å². The van der Waals surface area contributed by atoms with Crippen LogP contribution in [0.4, 0.5) is 9.52 Å². The number of aromatic nitrogens is 2. The SMILES string of the molecule is CCCCOc1ccc([C@H]2/C(=C(\O)c3ccc4c(c3)OCCO4)C(=O)C(=O)N2c2nnc(SCc3ccccc3F)s2)cc1OCC. The molecule has 3 aromatic carbocycles. The number of fused-ring (bicyclic) bond motifs is 1. The van der Waals surface area contributed by atoms with Crippen molar-refractivity contribution in [3.05, 3.63) is 88.7 Å². The van der Waals surface area contributed by atoms with Gasteiger partial charge in [0, 0.05) is 11.3 Å². The molecule has 0 spiro atoms. The summed E-state index contributed by atoms with van der Waals surface area (Å²) in [4.78, 5) is 28.8. The molecule has 1 atom stereocenters. The fourth-order valence-corrected chi connectivity index (χ4v) is 7.07. The molecule has 6 rings (SSSR count). The Kier molecular flexibility index (Phi) is 9.92. The Balaban J connectivity index is 1.42. The molecule has 10 nitrogen and oxygen atoms in total. The lowest BCUT2D eigenvalue weighted by Gasteiger charge is -2.24. The fraction of sp³-hybridized carbons (Fsp3) is 0.294. The molecule has 1 aromatic heterocycles. The van der Waals surface area contributed by atoms with E-state index in [0.717, 1.165) is 24.2 Å². The Morgan fingerprint density at radius 3 is 2.62 bits per heavy atom. The quantitative estimate of drug-likeness (QED) is 0.0422. The lowest BCUT2D eigenvalue weighted by atomic mass is 9.95. The third-order valence-corrected chi connectivity index (χ3v) is 9.61. The summed E-state index contributed by atoms with van der Waals surface area (Å²) < 4.78 is 37.9. The third-order valence-electron chi connectivity index (χ3n) is 7.51. The van der Waals surface area contributed by atoms with E-state index in [9.17, 15) is 19.1 Å². The van der Waals surface area contributed by atoms with Crippen molar-refractivity contribution in [2.75, 3.05) is 31.3 Å². The molecule has 0 saturated carbocycles. The number of thioether (sulfide) groups is 1. The lowest BCUT2D eigenvalue weighted by molar-refractivity contribution is -0.132. The highest BCUT2D eigenvalue weighted by molar-refractivity contribution is 8.00. The summed E-state index contributed by atoms with van der Waals surface area (Å²) in [7, 11) is 0. The summed E-state index contributed by atoms with van der Waals surface area (Å²) in [5.41, 5.74) is 1.13. The van der Waals surface area contributed by atoms with Gasteiger partial charge in [-0.3, -0.25) is 14.5 Å². The number of aliphatic hydroxyl groups excluding tert-OH is 1. The Labute approximate surface area is 279 Å². The number of nitrogens with zero attached hydrogens (tertiary/aromatic N) is 3. The maximum absolute atomic E-state index is 14.2. The van der Waals surface area contributed by atoms with Gasteiger partial charge in [-0.05, 0) is 60.9 Å². The monoisotopic (exact) mass is 677 g/mol. The molecule has 47 heavy (non-hydrogen) atoms. The topological polar surface area (TPSA) is 120 Å². The maximum atomic E-state index is 14.2. The first kappa shape index (κ1) is 32.3. The van der Waals surface area contributed by atoms with E-state index in [1.807, 2.05) is 6.92 Å². The Morgan fingerprint density at radius 2 is 1.83 bits per heavy atom. The molecule has 2 aliphatic heterocycles. The number of halogens is 1. The number of rotatable bonds is 12. The minimum Gasteiger partial charge on any atom is -0.507 e. The number of amides is 1. The predicted octanol–water partition coefficient (Wildman–Crippen LogP) is 6.94. The van der Waals surface area contributed by atoms with E-state index >= 15 is 0 Å². The Bertz CT molecular complexity index is 1830. The summed E-state index contributed by atoms with van der Waals surface area (Å²) in [5.74, 6) is -0.297. The molecule has 1 saturated heterocycles. The van der Waals surface area contributed by atoms with Gasteiger partial charge < -0.3 is 24.1 Å². The van der Waals surface area contributed by atoms with Crippen molar-refractivity contribution < 1.29 is 38.0 Å². The van der Waals surface area contributed by atoms with E-state index in [1.165, 1.54) is 22.7 Å². The minimum atomic E-state index is -1.08. The van der Waals surface area contributed by atoms with E-state index in [1.54, 1.807) is 54.6 Å². The van der Waals surface area contributed by atoms with Gasteiger partial charge in [0.15, 0.2) is 27.3 Å². The van der Waals surface area contributed by atoms with E-state index < -0.39 is 17.7 Å². The van der Waals surface area contributed by atoms with Crippen LogP contribution >= 0.6 is 23.1 Å². The summed E-state index contributed by atoms with van der Waals surface area (Å²) >= 11 is 2.36. The molecule has 3 heterocycles. The highest BCUT2D eigenvalue weighted by Crippen LogP contribution is 2.46. The number of hydrogen-bond acceptors (Lipinski definition) is 11. The molecule has 0 bridgehead atoms. The summed E-state index contributed by atoms with van der Waals surface area (Å²) in [6.45, 7) is 5.49. The number of aliphatic hydroxyl groups is 1. The molecular formula is C34H32FN3O7S2. The Morgan fingerprint density at radius 1 is 1.02 bits per heavy atom. The van der Waals surface area contributed by atoms with Crippen molar-refractivity contribution in [2.45, 2.75) is 42.8 Å². The van der Waals surface area contributed by atoms with Crippen LogP contribution in [0.25, 0.3) is 5.76 Å². The number of hydrogen-bond donors (Lipinski definition) is 1. The number of anilines is 1. The average Bonchev–Trinajstić information content (AvgIpc) is 3.66. The summed E-state index contributed by atoms with van der Waals surface area (Å²) in [6, 6.07) is 15.4. The molecule has 2 aliphatic rings. The van der Waals surface area contributed by atoms with Crippen LogP contribution < -0.4 is 23.8 Å². The van der Waals surface area contributed by atoms with Crippen LogP contribution in [0.1, 0.15) is 49.4 Å². The van der Waals surface area contributed by atoms with Gasteiger partial charge in [-0.1, -0.05) is 60.7 Å². The molecule has 4 aromatic rings. The van der Waals surface area contributed by atoms with Gasteiger partial charge in [0.1, 0.15) is 24.8 Å². The second-order valence-corrected chi connectivity index (χ2v) is 12.8. The van der Waals surface area contributed by atoms with Crippen LogP contribution in [0, 0.1) is 5.82 Å². The van der Waals surface area contributed by atoms with Crippen molar-refractivity contribution in [2.24, 2.45) is 0 Å². The summed E-state index contributed by atoms with van der Waals surface area (Å²) in [5, 5.41) is 20.3. The van der Waals surface area contributed by atoms with Crippen LogP contribution in [-0.2, 0) is 15.3 Å². The first-order valence-electron chi connectivity index (χ1n) is 15.2. The van der Waals surface area contributed by atoms with Gasteiger partial charge in [0.05, 0.1) is 24.8 Å². The highest BCUT2D eigenvalue weighted by Gasteiger charge is 2.48. The number of ketones is 1. The lowest BCUT2D eigenvalue weighted by Crippen LogP contribution is -2.29. The maximum Gasteiger partial charge on any atom is 0.301 e. The first-order chi connectivity index (χ1) is 22.9. The van der Waals surface area contributed by atoms with Crippen molar-refractivity contribution >= 4 is 45.7 Å². The molecule has 0 radical (unpaired) electrons. The molecule has 0 unspecified atom stereocenters.